The number of carbonyl (C=O) groups is 1. The minimum Gasteiger partial charge on any atom is -0.406 e. The molecular formula is C15H9F3N2O3S2. The molecule has 0 bridgehead atoms. The van der Waals surface area contributed by atoms with Crippen molar-refractivity contribution in [3.05, 3.63) is 50.3 Å². The Morgan fingerprint density at radius 1 is 1.24 bits per heavy atom. The summed E-state index contributed by atoms with van der Waals surface area (Å²) in [5.74, 6) is -1.02. The Labute approximate surface area is 146 Å². The van der Waals surface area contributed by atoms with E-state index in [1.165, 1.54) is 23.5 Å². The molecule has 25 heavy (non-hydrogen) atoms. The molecule has 0 saturated carbocycles. The van der Waals surface area contributed by atoms with Crippen LogP contribution in [0.1, 0.15) is 15.9 Å². The van der Waals surface area contributed by atoms with E-state index in [2.05, 4.69) is 15.0 Å². The lowest BCUT2D eigenvalue weighted by molar-refractivity contribution is -0.274. The van der Waals surface area contributed by atoms with E-state index in [1.54, 1.807) is 12.3 Å². The topological polar surface area (TPSA) is 68.3 Å². The Morgan fingerprint density at radius 2 is 1.92 bits per heavy atom. The molecule has 0 atom stereocenters. The number of aryl methyl sites for hydroxylation is 1. The number of alkyl halides is 3. The van der Waals surface area contributed by atoms with E-state index in [-0.39, 0.29) is 15.4 Å². The van der Waals surface area contributed by atoms with Crippen LogP contribution >= 0.6 is 22.7 Å². The maximum Gasteiger partial charge on any atom is 0.573 e. The van der Waals surface area contributed by atoms with Gasteiger partial charge in [0.2, 0.25) is 0 Å². The average molecular weight is 386 g/mol. The fraction of sp³-hybridized carbons (Fsp3) is 0.133. The van der Waals surface area contributed by atoms with Gasteiger partial charge in [-0.1, -0.05) is 11.3 Å². The van der Waals surface area contributed by atoms with E-state index >= 15 is 0 Å². The van der Waals surface area contributed by atoms with Gasteiger partial charge in [-0.3, -0.25) is 14.9 Å². The van der Waals surface area contributed by atoms with Crippen molar-refractivity contribution in [2.24, 2.45) is 0 Å². The summed E-state index contributed by atoms with van der Waals surface area (Å²) < 4.78 is 40.4. The Kier molecular flexibility index (Phi) is 4.48. The van der Waals surface area contributed by atoms with Crippen LogP contribution in [0.25, 0.3) is 10.2 Å². The first-order chi connectivity index (χ1) is 11.7. The first-order valence-corrected chi connectivity index (χ1v) is 8.48. The van der Waals surface area contributed by atoms with Gasteiger partial charge in [-0.2, -0.15) is 0 Å². The Hall–Kier alpha value is -2.46. The van der Waals surface area contributed by atoms with E-state index in [1.807, 2.05) is 0 Å². The number of nitrogens with one attached hydrogen (secondary N) is 1. The van der Waals surface area contributed by atoms with Crippen molar-refractivity contribution in [1.82, 2.24) is 4.98 Å². The molecule has 3 rings (SSSR count). The summed E-state index contributed by atoms with van der Waals surface area (Å²) >= 11 is 2.08. The monoisotopic (exact) mass is 386 g/mol. The number of carbonyl (C=O) groups excluding carboxylic acids is 1. The predicted octanol–water partition coefficient (Wildman–Crippen LogP) is 4.18. The Balaban J connectivity index is 1.80. The molecule has 1 N–H and O–H groups in total. The number of thiophene rings is 1. The predicted molar refractivity (Wildman–Crippen MR) is 89.6 cm³/mol. The number of aromatic nitrogens is 1. The zero-order valence-electron chi connectivity index (χ0n) is 12.5. The SMILES string of the molecule is Cc1csc2c(=O)sc(NC(=O)c3ccc(OC(F)(F)F)cc3)nc12. The number of fused-ring (bicyclic) bond motifs is 1. The van der Waals surface area contributed by atoms with Crippen LogP contribution in [0.5, 0.6) is 5.75 Å². The number of nitrogens with zero attached hydrogens (tertiary/aromatic N) is 1. The highest BCUT2D eigenvalue weighted by atomic mass is 32.1. The standard InChI is InChI=1S/C15H9F3N2O3S2/c1-7-6-24-11-10(7)19-14(25-13(11)22)20-12(21)8-2-4-9(5-3-8)23-15(16,17)18/h2-6H,1H3,(H,19,20,21). The number of rotatable bonds is 3. The van der Waals surface area contributed by atoms with Gasteiger partial charge in [0.15, 0.2) is 5.13 Å². The number of halogens is 3. The number of hydrogen-bond acceptors (Lipinski definition) is 6. The molecule has 0 aliphatic carbocycles. The van der Waals surface area contributed by atoms with Crippen molar-refractivity contribution in [2.45, 2.75) is 13.3 Å². The lowest BCUT2D eigenvalue weighted by Gasteiger charge is -2.09. The van der Waals surface area contributed by atoms with Gasteiger partial charge in [-0.25, -0.2) is 4.98 Å². The van der Waals surface area contributed by atoms with Crippen molar-refractivity contribution < 1.29 is 22.7 Å². The van der Waals surface area contributed by atoms with Crippen molar-refractivity contribution in [3.63, 3.8) is 0 Å². The maximum absolute atomic E-state index is 12.2. The Bertz CT molecular complexity index is 994. The van der Waals surface area contributed by atoms with E-state index < -0.39 is 18.0 Å². The molecule has 2 heterocycles. The third-order valence-corrected chi connectivity index (χ3v) is 5.09. The molecule has 0 radical (unpaired) electrons. The summed E-state index contributed by atoms with van der Waals surface area (Å²) in [6.07, 6.45) is -4.80. The lowest BCUT2D eigenvalue weighted by atomic mass is 10.2. The van der Waals surface area contributed by atoms with E-state index in [0.717, 1.165) is 29.0 Å². The maximum atomic E-state index is 12.2. The lowest BCUT2D eigenvalue weighted by Crippen LogP contribution is -2.17. The molecule has 0 saturated heterocycles. The number of anilines is 1. The zero-order valence-corrected chi connectivity index (χ0v) is 14.1. The minimum atomic E-state index is -4.80. The highest BCUT2D eigenvalue weighted by Gasteiger charge is 2.31. The van der Waals surface area contributed by atoms with Crippen LogP contribution in [-0.4, -0.2) is 17.3 Å². The van der Waals surface area contributed by atoms with Crippen molar-refractivity contribution in [1.29, 1.82) is 0 Å². The van der Waals surface area contributed by atoms with Crippen LogP contribution in [0.15, 0.2) is 34.4 Å². The zero-order chi connectivity index (χ0) is 18.2. The fourth-order valence-corrected chi connectivity index (χ4v) is 3.75. The van der Waals surface area contributed by atoms with Crippen molar-refractivity contribution in [3.8, 4) is 5.75 Å². The average Bonchev–Trinajstić information content (AvgIpc) is 2.88. The van der Waals surface area contributed by atoms with Crippen LogP contribution in [-0.2, 0) is 0 Å². The van der Waals surface area contributed by atoms with Crippen molar-refractivity contribution in [2.75, 3.05) is 5.32 Å². The van der Waals surface area contributed by atoms with E-state index in [0.29, 0.717) is 10.2 Å². The van der Waals surface area contributed by atoms with Gasteiger partial charge in [0.1, 0.15) is 10.4 Å². The molecule has 1 amide bonds. The van der Waals surface area contributed by atoms with Crippen LogP contribution in [0, 0.1) is 6.92 Å². The summed E-state index contributed by atoms with van der Waals surface area (Å²) in [5.41, 5.74) is 1.46. The van der Waals surface area contributed by atoms with Gasteiger partial charge in [-0.05, 0) is 42.1 Å². The van der Waals surface area contributed by atoms with Crippen molar-refractivity contribution >= 4 is 43.9 Å². The number of amides is 1. The molecule has 10 heteroatoms. The van der Waals surface area contributed by atoms with E-state index in [4.69, 9.17) is 0 Å². The smallest absolute Gasteiger partial charge is 0.406 e. The number of benzene rings is 1. The third kappa shape index (κ3) is 3.97. The van der Waals surface area contributed by atoms with Gasteiger partial charge in [0.25, 0.3) is 10.6 Å². The van der Waals surface area contributed by atoms with Gasteiger partial charge in [0, 0.05) is 5.56 Å². The molecule has 0 spiro atoms. The first kappa shape index (κ1) is 17.4. The summed E-state index contributed by atoms with van der Waals surface area (Å²) in [5, 5.41) is 4.41. The molecule has 5 nitrogen and oxygen atoms in total. The molecular weight excluding hydrogens is 377 g/mol. The number of ether oxygens (including phenoxy) is 1. The second-order valence-electron chi connectivity index (χ2n) is 4.93. The first-order valence-electron chi connectivity index (χ1n) is 6.79. The summed E-state index contributed by atoms with van der Waals surface area (Å²) in [4.78, 5) is 28.4. The third-order valence-electron chi connectivity index (χ3n) is 3.10. The highest BCUT2D eigenvalue weighted by Crippen LogP contribution is 2.25. The number of hydrogen-bond donors (Lipinski definition) is 1. The van der Waals surface area contributed by atoms with Gasteiger partial charge >= 0.3 is 6.36 Å². The summed E-state index contributed by atoms with van der Waals surface area (Å²) in [6, 6.07) is 4.44. The normalized spacial score (nSPS) is 11.5. The largest absolute Gasteiger partial charge is 0.573 e. The molecule has 0 aliphatic heterocycles. The molecule has 0 aliphatic rings. The summed E-state index contributed by atoms with van der Waals surface area (Å²) in [7, 11) is 0. The quantitative estimate of drug-likeness (QED) is 0.733. The van der Waals surface area contributed by atoms with Gasteiger partial charge in [0.05, 0.1) is 5.52 Å². The van der Waals surface area contributed by atoms with E-state index in [9.17, 15) is 22.8 Å². The van der Waals surface area contributed by atoms with Crippen LogP contribution in [0.4, 0.5) is 18.3 Å². The van der Waals surface area contributed by atoms with Crippen LogP contribution in [0.2, 0.25) is 0 Å². The molecule has 0 unspecified atom stereocenters. The van der Waals surface area contributed by atoms with Gasteiger partial charge < -0.3 is 4.74 Å². The second-order valence-corrected chi connectivity index (χ2v) is 6.77. The Morgan fingerprint density at radius 3 is 2.56 bits per heavy atom. The second kappa shape index (κ2) is 6.45. The van der Waals surface area contributed by atoms with Crippen LogP contribution < -0.4 is 14.8 Å². The summed E-state index contributed by atoms with van der Waals surface area (Å²) in [6.45, 7) is 1.81. The molecule has 1 aromatic carbocycles. The van der Waals surface area contributed by atoms with Crippen LogP contribution in [0.3, 0.4) is 0 Å². The van der Waals surface area contributed by atoms with Gasteiger partial charge in [-0.15, -0.1) is 24.5 Å². The molecule has 0 fully saturated rings. The molecule has 3 aromatic rings. The highest BCUT2D eigenvalue weighted by molar-refractivity contribution is 7.21. The fourth-order valence-electron chi connectivity index (χ4n) is 2.01. The molecule has 2 aromatic heterocycles. The molecule has 130 valence electrons. The minimum absolute atomic E-state index is 0.109.